The Kier molecular flexibility index (Phi) is 5.42. The number of nitriles is 1. The summed E-state index contributed by atoms with van der Waals surface area (Å²) in [5.74, 6) is 0. The molecule has 1 saturated heterocycles. The first-order chi connectivity index (χ1) is 9.58. The number of hydrogen-bond acceptors (Lipinski definition) is 4. The molecule has 20 heavy (non-hydrogen) atoms. The van der Waals surface area contributed by atoms with Crippen LogP contribution >= 0.6 is 0 Å². The molecule has 3 unspecified atom stereocenters. The third-order valence-electron chi connectivity index (χ3n) is 4.66. The van der Waals surface area contributed by atoms with Crippen LogP contribution in [0, 0.1) is 11.3 Å². The van der Waals surface area contributed by atoms with Gasteiger partial charge in [-0.2, -0.15) is 5.26 Å². The Bertz CT molecular complexity index is 350. The van der Waals surface area contributed by atoms with E-state index >= 15 is 0 Å². The predicted octanol–water partition coefficient (Wildman–Crippen LogP) is 2.30. The molecule has 0 spiro atoms. The van der Waals surface area contributed by atoms with E-state index in [1.165, 1.54) is 12.8 Å². The summed E-state index contributed by atoms with van der Waals surface area (Å²) in [6.07, 6.45) is 5.74. The Morgan fingerprint density at radius 3 is 2.75 bits per heavy atom. The Labute approximate surface area is 123 Å². The molecule has 114 valence electrons. The Morgan fingerprint density at radius 2 is 2.15 bits per heavy atom. The molecule has 2 rings (SSSR count). The largest absolute Gasteiger partial charge is 0.376 e. The van der Waals surface area contributed by atoms with E-state index in [0.717, 1.165) is 39.0 Å². The molecule has 1 heterocycles. The molecule has 0 aromatic heterocycles. The highest BCUT2D eigenvalue weighted by Crippen LogP contribution is 2.27. The van der Waals surface area contributed by atoms with Crippen LogP contribution in [0.3, 0.4) is 0 Å². The summed E-state index contributed by atoms with van der Waals surface area (Å²) in [5.41, 5.74) is -0.303. The first-order valence-corrected chi connectivity index (χ1v) is 8.13. The number of ether oxygens (including phenoxy) is 1. The summed E-state index contributed by atoms with van der Waals surface area (Å²) in [4.78, 5) is 2.50. The summed E-state index contributed by atoms with van der Waals surface area (Å²) in [7, 11) is 0. The molecule has 2 aliphatic rings. The van der Waals surface area contributed by atoms with Crippen molar-refractivity contribution in [1.82, 2.24) is 10.2 Å². The third kappa shape index (κ3) is 4.18. The summed E-state index contributed by atoms with van der Waals surface area (Å²) in [6, 6.07) is 3.64. The molecule has 0 amide bonds. The molecule has 1 saturated carbocycles. The fraction of sp³-hybridized carbons (Fsp3) is 0.938. The van der Waals surface area contributed by atoms with Crippen LogP contribution in [0.5, 0.6) is 0 Å². The van der Waals surface area contributed by atoms with Gasteiger partial charge in [-0.3, -0.25) is 10.2 Å². The lowest BCUT2D eigenvalue weighted by atomic mass is 9.91. The van der Waals surface area contributed by atoms with E-state index in [9.17, 15) is 5.26 Å². The predicted molar refractivity (Wildman–Crippen MR) is 80.5 cm³/mol. The number of rotatable bonds is 7. The van der Waals surface area contributed by atoms with Crippen molar-refractivity contribution >= 4 is 0 Å². The molecule has 0 bridgehead atoms. The zero-order valence-corrected chi connectivity index (χ0v) is 13.2. The van der Waals surface area contributed by atoms with Gasteiger partial charge >= 0.3 is 0 Å². The smallest absolute Gasteiger partial charge is 0.106 e. The molecular formula is C16H29N3O. The van der Waals surface area contributed by atoms with Crippen LogP contribution in [0.25, 0.3) is 0 Å². The molecule has 4 heteroatoms. The monoisotopic (exact) mass is 279 g/mol. The van der Waals surface area contributed by atoms with Gasteiger partial charge in [-0.05, 0) is 52.5 Å². The quantitative estimate of drug-likeness (QED) is 0.777. The maximum absolute atomic E-state index is 9.54. The van der Waals surface area contributed by atoms with Gasteiger partial charge in [-0.25, -0.2) is 0 Å². The zero-order valence-electron chi connectivity index (χ0n) is 13.2. The average Bonchev–Trinajstić information content (AvgIpc) is 3.25. The van der Waals surface area contributed by atoms with E-state index in [1.807, 2.05) is 0 Å². The van der Waals surface area contributed by atoms with Crippen molar-refractivity contribution in [1.29, 1.82) is 5.26 Å². The fourth-order valence-corrected chi connectivity index (χ4v) is 3.00. The highest BCUT2D eigenvalue weighted by Gasteiger charge is 2.35. The lowest BCUT2D eigenvalue weighted by molar-refractivity contribution is -0.0499. The van der Waals surface area contributed by atoms with Gasteiger partial charge in [-0.15, -0.1) is 0 Å². The Morgan fingerprint density at radius 1 is 1.40 bits per heavy atom. The van der Waals surface area contributed by atoms with Crippen LogP contribution in [0.2, 0.25) is 0 Å². The van der Waals surface area contributed by atoms with Gasteiger partial charge in [0.05, 0.1) is 18.8 Å². The first kappa shape index (κ1) is 15.8. The van der Waals surface area contributed by atoms with Gasteiger partial charge in [0.15, 0.2) is 0 Å². The second-order valence-corrected chi connectivity index (χ2v) is 6.56. The zero-order chi connectivity index (χ0) is 14.6. The second kappa shape index (κ2) is 6.89. The molecule has 0 radical (unpaired) electrons. The molecule has 1 aliphatic heterocycles. The SMILES string of the molecule is CCC(C#N)(CCCN1CC(C)OCC1C)NC1CC1. The number of nitrogens with zero attached hydrogens (tertiary/aromatic N) is 2. The second-order valence-electron chi connectivity index (χ2n) is 6.56. The molecular weight excluding hydrogens is 250 g/mol. The van der Waals surface area contributed by atoms with Crippen LogP contribution in [-0.2, 0) is 4.74 Å². The minimum absolute atomic E-state index is 0.303. The van der Waals surface area contributed by atoms with Crippen molar-refractivity contribution in [3.63, 3.8) is 0 Å². The number of nitrogens with one attached hydrogen (secondary N) is 1. The molecule has 0 aromatic rings. The summed E-state index contributed by atoms with van der Waals surface area (Å²) < 4.78 is 5.66. The van der Waals surface area contributed by atoms with Crippen molar-refractivity contribution in [3.05, 3.63) is 0 Å². The summed E-state index contributed by atoms with van der Waals surface area (Å²) in [6.45, 7) is 9.41. The highest BCUT2D eigenvalue weighted by molar-refractivity contribution is 5.09. The van der Waals surface area contributed by atoms with E-state index in [1.54, 1.807) is 0 Å². The molecule has 1 N–H and O–H groups in total. The van der Waals surface area contributed by atoms with Crippen molar-refractivity contribution < 1.29 is 4.74 Å². The van der Waals surface area contributed by atoms with Crippen LogP contribution in [-0.4, -0.2) is 48.3 Å². The van der Waals surface area contributed by atoms with Gasteiger partial charge in [-0.1, -0.05) is 6.92 Å². The molecule has 4 nitrogen and oxygen atoms in total. The lowest BCUT2D eigenvalue weighted by Crippen LogP contribution is -2.49. The molecule has 2 fully saturated rings. The highest BCUT2D eigenvalue weighted by atomic mass is 16.5. The van der Waals surface area contributed by atoms with Crippen LogP contribution in [0.15, 0.2) is 0 Å². The maximum Gasteiger partial charge on any atom is 0.106 e. The van der Waals surface area contributed by atoms with E-state index in [-0.39, 0.29) is 5.54 Å². The summed E-state index contributed by atoms with van der Waals surface area (Å²) >= 11 is 0. The van der Waals surface area contributed by atoms with Gasteiger partial charge in [0.25, 0.3) is 0 Å². The van der Waals surface area contributed by atoms with Gasteiger partial charge < -0.3 is 4.74 Å². The van der Waals surface area contributed by atoms with E-state index < -0.39 is 0 Å². The topological polar surface area (TPSA) is 48.3 Å². The molecule has 1 aliphatic carbocycles. The Hall–Kier alpha value is -0.630. The number of morpholine rings is 1. The maximum atomic E-state index is 9.54. The first-order valence-electron chi connectivity index (χ1n) is 8.13. The minimum Gasteiger partial charge on any atom is -0.376 e. The van der Waals surface area contributed by atoms with Crippen molar-refractivity contribution in [2.75, 3.05) is 19.7 Å². The van der Waals surface area contributed by atoms with E-state index in [2.05, 4.69) is 37.1 Å². The minimum atomic E-state index is -0.303. The normalized spacial score (nSPS) is 30.7. The van der Waals surface area contributed by atoms with Crippen LogP contribution < -0.4 is 5.32 Å². The average molecular weight is 279 g/mol. The van der Waals surface area contributed by atoms with Gasteiger partial charge in [0.2, 0.25) is 0 Å². The lowest BCUT2D eigenvalue weighted by Gasteiger charge is -2.37. The van der Waals surface area contributed by atoms with Gasteiger partial charge in [0.1, 0.15) is 5.54 Å². The fourth-order valence-electron chi connectivity index (χ4n) is 3.00. The van der Waals surface area contributed by atoms with Crippen molar-refractivity contribution in [3.8, 4) is 6.07 Å². The molecule has 0 aromatic carbocycles. The van der Waals surface area contributed by atoms with E-state index in [4.69, 9.17) is 4.74 Å². The Balaban J connectivity index is 1.78. The third-order valence-corrected chi connectivity index (χ3v) is 4.66. The van der Waals surface area contributed by atoms with Crippen molar-refractivity contribution in [2.24, 2.45) is 0 Å². The van der Waals surface area contributed by atoms with Crippen LogP contribution in [0.4, 0.5) is 0 Å². The van der Waals surface area contributed by atoms with Gasteiger partial charge in [0, 0.05) is 18.6 Å². The van der Waals surface area contributed by atoms with Crippen molar-refractivity contribution in [2.45, 2.75) is 76.6 Å². The number of hydrogen-bond donors (Lipinski definition) is 1. The standard InChI is InChI=1S/C16H29N3O/c1-4-16(12-17,18-15-6-7-15)8-5-9-19-10-14(3)20-11-13(19)2/h13-15,18H,4-11H2,1-3H3. The van der Waals surface area contributed by atoms with E-state index in [0.29, 0.717) is 18.2 Å². The summed E-state index contributed by atoms with van der Waals surface area (Å²) in [5, 5.41) is 13.1. The van der Waals surface area contributed by atoms with Crippen LogP contribution in [0.1, 0.15) is 52.9 Å². The molecule has 3 atom stereocenters.